The summed E-state index contributed by atoms with van der Waals surface area (Å²) in [7, 11) is 2.63. The third-order valence-corrected chi connectivity index (χ3v) is 1.35. The van der Waals surface area contributed by atoms with Gasteiger partial charge in [-0.3, -0.25) is 4.98 Å². The summed E-state index contributed by atoms with van der Waals surface area (Å²) >= 11 is 0. The summed E-state index contributed by atoms with van der Waals surface area (Å²) in [5.74, 6) is 0. The van der Waals surface area contributed by atoms with Crippen LogP contribution in [0.1, 0.15) is 5.69 Å². The van der Waals surface area contributed by atoms with Crippen LogP contribution in [-0.2, 0) is 6.16 Å². The molecule has 1 heterocycles. The molecule has 1 aromatic rings. The van der Waals surface area contributed by atoms with Crippen LogP contribution in [0.25, 0.3) is 0 Å². The van der Waals surface area contributed by atoms with E-state index in [1.165, 1.54) is 0 Å². The molecule has 1 aromatic heterocycles. The molecule has 0 aliphatic rings. The first kappa shape index (κ1) is 8.87. The van der Waals surface area contributed by atoms with Crippen molar-refractivity contribution < 1.29 is 0 Å². The van der Waals surface area contributed by atoms with Crippen molar-refractivity contribution in [3.8, 4) is 0 Å². The van der Waals surface area contributed by atoms with Gasteiger partial charge in [-0.2, -0.15) is 0 Å². The highest BCUT2D eigenvalue weighted by Crippen LogP contribution is 1.98. The predicted molar refractivity (Wildman–Crippen MR) is 44.9 cm³/mol. The zero-order valence-corrected chi connectivity index (χ0v) is 6.92. The topological polar surface area (TPSA) is 12.9 Å². The second-order valence-corrected chi connectivity index (χ2v) is 1.93. The predicted octanol–water partition coefficient (Wildman–Crippen LogP) is 1.88. The Kier molecular flexibility index (Phi) is 4.65. The first-order valence-electron chi connectivity index (χ1n) is 2.53. The Morgan fingerprint density at radius 3 is 2.56 bits per heavy atom. The van der Waals surface area contributed by atoms with E-state index in [-0.39, 0.29) is 12.4 Å². The van der Waals surface area contributed by atoms with Crippen LogP contribution in [-0.4, -0.2) is 4.98 Å². The van der Waals surface area contributed by atoms with E-state index in [0.29, 0.717) is 0 Å². The molecule has 0 aliphatic heterocycles. The second-order valence-electron chi connectivity index (χ2n) is 1.53. The van der Waals surface area contributed by atoms with Gasteiger partial charge in [-0.15, -0.1) is 21.6 Å². The Morgan fingerprint density at radius 2 is 2.22 bits per heavy atom. The van der Waals surface area contributed by atoms with E-state index < -0.39 is 0 Å². The zero-order chi connectivity index (χ0) is 5.82. The van der Waals surface area contributed by atoms with Crippen LogP contribution in [0.3, 0.4) is 0 Å². The van der Waals surface area contributed by atoms with Crippen molar-refractivity contribution in [1.82, 2.24) is 4.98 Å². The van der Waals surface area contributed by atoms with Gasteiger partial charge < -0.3 is 0 Å². The van der Waals surface area contributed by atoms with Gasteiger partial charge in [-0.1, -0.05) is 6.07 Å². The highest BCUT2D eigenvalue weighted by molar-refractivity contribution is 7.15. The molecule has 0 saturated heterocycles. The first-order valence-corrected chi connectivity index (χ1v) is 3.35. The van der Waals surface area contributed by atoms with Crippen LogP contribution < -0.4 is 0 Å². The Balaban J connectivity index is 0.000000640. The summed E-state index contributed by atoms with van der Waals surface area (Å²) in [6.07, 6.45) is 2.75. The van der Waals surface area contributed by atoms with E-state index in [4.69, 9.17) is 0 Å². The van der Waals surface area contributed by atoms with E-state index in [1.807, 2.05) is 18.2 Å². The minimum Gasteiger partial charge on any atom is -0.261 e. The monoisotopic (exact) mass is 161 g/mol. The summed E-state index contributed by atoms with van der Waals surface area (Å²) < 4.78 is 0. The SMILES string of the molecule is Cl.PCc1ccccn1. The Hall–Kier alpha value is -0.130. The van der Waals surface area contributed by atoms with Crippen LogP contribution >= 0.6 is 21.6 Å². The molecule has 50 valence electrons. The summed E-state index contributed by atoms with van der Waals surface area (Å²) in [6, 6.07) is 5.92. The molecular weight excluding hydrogens is 152 g/mol. The number of pyridine rings is 1. The number of nitrogens with zero attached hydrogens (tertiary/aromatic N) is 1. The van der Waals surface area contributed by atoms with Gasteiger partial charge in [-0.05, 0) is 12.1 Å². The van der Waals surface area contributed by atoms with E-state index in [1.54, 1.807) is 6.20 Å². The second kappa shape index (κ2) is 4.72. The molecule has 0 N–H and O–H groups in total. The molecule has 1 nitrogen and oxygen atoms in total. The third kappa shape index (κ3) is 2.78. The third-order valence-electron chi connectivity index (χ3n) is 0.935. The van der Waals surface area contributed by atoms with Gasteiger partial charge in [0.1, 0.15) is 0 Å². The van der Waals surface area contributed by atoms with Crippen molar-refractivity contribution in [1.29, 1.82) is 0 Å². The number of aromatic nitrogens is 1. The van der Waals surface area contributed by atoms with Gasteiger partial charge in [0, 0.05) is 18.1 Å². The van der Waals surface area contributed by atoms with Gasteiger partial charge in [0.2, 0.25) is 0 Å². The van der Waals surface area contributed by atoms with Gasteiger partial charge in [0.25, 0.3) is 0 Å². The molecule has 0 amide bonds. The number of halogens is 1. The molecule has 0 aliphatic carbocycles. The van der Waals surface area contributed by atoms with Gasteiger partial charge in [0.15, 0.2) is 0 Å². The molecule has 0 radical (unpaired) electrons. The van der Waals surface area contributed by atoms with Crippen molar-refractivity contribution in [2.24, 2.45) is 0 Å². The number of rotatable bonds is 1. The maximum atomic E-state index is 4.08. The van der Waals surface area contributed by atoms with Crippen molar-refractivity contribution in [2.45, 2.75) is 6.16 Å². The Morgan fingerprint density at radius 1 is 1.44 bits per heavy atom. The van der Waals surface area contributed by atoms with Crippen LogP contribution in [0.5, 0.6) is 0 Å². The summed E-state index contributed by atoms with van der Waals surface area (Å²) in [5, 5.41) is 0. The molecule has 9 heavy (non-hydrogen) atoms. The van der Waals surface area contributed by atoms with Gasteiger partial charge >= 0.3 is 0 Å². The Labute approximate surface area is 63.5 Å². The normalized spacial score (nSPS) is 8.11. The lowest BCUT2D eigenvalue weighted by molar-refractivity contribution is 1.18. The highest BCUT2D eigenvalue weighted by Gasteiger charge is 1.81. The molecule has 1 rings (SSSR count). The van der Waals surface area contributed by atoms with E-state index in [0.717, 1.165) is 11.9 Å². The molecule has 0 bridgehead atoms. The summed E-state index contributed by atoms with van der Waals surface area (Å²) in [4.78, 5) is 4.08. The van der Waals surface area contributed by atoms with Crippen molar-refractivity contribution in [3.05, 3.63) is 30.1 Å². The molecule has 1 atom stereocenters. The number of hydrogen-bond acceptors (Lipinski definition) is 1. The van der Waals surface area contributed by atoms with E-state index in [2.05, 4.69) is 14.2 Å². The summed E-state index contributed by atoms with van der Waals surface area (Å²) in [6.45, 7) is 0. The zero-order valence-electron chi connectivity index (χ0n) is 4.95. The largest absolute Gasteiger partial charge is 0.261 e. The average Bonchev–Trinajstić information content (AvgIpc) is 1.90. The van der Waals surface area contributed by atoms with E-state index >= 15 is 0 Å². The maximum absolute atomic E-state index is 4.08. The van der Waals surface area contributed by atoms with Crippen molar-refractivity contribution >= 4 is 21.6 Å². The smallest absolute Gasteiger partial charge is 0.0441 e. The van der Waals surface area contributed by atoms with Crippen LogP contribution in [0.2, 0.25) is 0 Å². The average molecular weight is 162 g/mol. The van der Waals surface area contributed by atoms with Crippen LogP contribution in [0.4, 0.5) is 0 Å². The fourth-order valence-electron chi connectivity index (χ4n) is 0.519. The molecule has 3 heteroatoms. The fraction of sp³-hybridized carbons (Fsp3) is 0.167. The van der Waals surface area contributed by atoms with Crippen molar-refractivity contribution in [3.63, 3.8) is 0 Å². The van der Waals surface area contributed by atoms with Crippen LogP contribution in [0.15, 0.2) is 24.4 Å². The van der Waals surface area contributed by atoms with Gasteiger partial charge in [-0.25, -0.2) is 0 Å². The summed E-state index contributed by atoms with van der Waals surface area (Å²) in [5.41, 5.74) is 1.12. The molecule has 0 saturated carbocycles. The molecule has 0 spiro atoms. The standard InChI is InChI=1S/C6H8NP.ClH/c8-5-6-3-1-2-4-7-6;/h1-4H,5,8H2;1H. The molecule has 0 fully saturated rings. The van der Waals surface area contributed by atoms with Crippen LogP contribution in [0, 0.1) is 0 Å². The number of hydrogen-bond donors (Lipinski definition) is 0. The molecule has 0 aromatic carbocycles. The minimum absolute atomic E-state index is 0. The maximum Gasteiger partial charge on any atom is 0.0441 e. The molecule has 1 unspecified atom stereocenters. The quantitative estimate of drug-likeness (QED) is 0.573. The lowest BCUT2D eigenvalue weighted by Gasteiger charge is -1.88. The Bertz CT molecular complexity index is 154. The first-order chi connectivity index (χ1) is 3.93. The lowest BCUT2D eigenvalue weighted by Crippen LogP contribution is -1.78. The van der Waals surface area contributed by atoms with Crippen molar-refractivity contribution in [2.75, 3.05) is 0 Å². The minimum atomic E-state index is 0. The highest BCUT2D eigenvalue weighted by atomic mass is 35.5. The van der Waals surface area contributed by atoms with E-state index in [9.17, 15) is 0 Å². The lowest BCUT2D eigenvalue weighted by atomic mass is 10.4. The molecular formula is C6H9ClNP. The van der Waals surface area contributed by atoms with Gasteiger partial charge in [0.05, 0.1) is 0 Å². The fourth-order valence-corrected chi connectivity index (χ4v) is 0.760.